The molecule has 0 aliphatic rings. The minimum absolute atomic E-state index is 0.400. The second-order valence-electron chi connectivity index (χ2n) is 5.44. The normalized spacial score (nSPS) is 11.1. The molecule has 0 bridgehead atoms. The van der Waals surface area contributed by atoms with Crippen LogP contribution in [0.25, 0.3) is 0 Å². The van der Waals surface area contributed by atoms with Crippen LogP contribution in [-0.4, -0.2) is 5.84 Å². The number of hydrogen-bond acceptors (Lipinski definition) is 3. The Morgan fingerprint density at radius 1 is 0.680 bits per heavy atom. The number of hydroxylamine groups is 1. The van der Waals surface area contributed by atoms with E-state index in [-0.39, 0.29) is 0 Å². The van der Waals surface area contributed by atoms with E-state index in [0.717, 1.165) is 16.7 Å². The van der Waals surface area contributed by atoms with Crippen molar-refractivity contribution in [3.63, 3.8) is 0 Å². The predicted octanol–water partition coefficient (Wildman–Crippen LogP) is 4.29. The Hall–Kier alpha value is -3.11. The highest BCUT2D eigenvalue weighted by molar-refractivity contribution is 5.97. The predicted molar refractivity (Wildman–Crippen MR) is 98.6 cm³/mol. The molecule has 25 heavy (non-hydrogen) atoms. The van der Waals surface area contributed by atoms with E-state index < -0.39 is 0 Å². The molecular weight excluding hydrogens is 312 g/mol. The highest BCUT2D eigenvalue weighted by Gasteiger charge is 2.04. The summed E-state index contributed by atoms with van der Waals surface area (Å²) in [5.41, 5.74) is 5.92. The highest BCUT2D eigenvalue weighted by atomic mass is 16.7. The average Bonchev–Trinajstić information content (AvgIpc) is 2.69. The molecule has 0 saturated carbocycles. The molecule has 126 valence electrons. The maximum Gasteiger partial charge on any atom is 0.196 e. The Labute approximate surface area is 147 Å². The van der Waals surface area contributed by atoms with Crippen LogP contribution in [0.4, 0.5) is 0 Å². The third kappa shape index (κ3) is 5.48. The molecule has 0 aliphatic heterocycles. The van der Waals surface area contributed by atoms with Crippen LogP contribution in [0.2, 0.25) is 0 Å². The third-order valence-corrected chi connectivity index (χ3v) is 3.53. The zero-order valence-electron chi connectivity index (χ0n) is 13.8. The maximum absolute atomic E-state index is 5.58. The van der Waals surface area contributed by atoms with Gasteiger partial charge in [0, 0.05) is 5.56 Å². The van der Waals surface area contributed by atoms with Crippen molar-refractivity contribution < 1.29 is 9.68 Å². The van der Waals surface area contributed by atoms with Crippen LogP contribution in [0.1, 0.15) is 16.7 Å². The van der Waals surface area contributed by atoms with Gasteiger partial charge in [0.1, 0.15) is 6.61 Å². The Bertz CT molecular complexity index is 775. The van der Waals surface area contributed by atoms with Crippen molar-refractivity contribution in [2.75, 3.05) is 0 Å². The maximum atomic E-state index is 5.58. The fourth-order valence-corrected chi connectivity index (χ4v) is 2.23. The highest BCUT2D eigenvalue weighted by Crippen LogP contribution is 2.05. The molecule has 0 heterocycles. The molecule has 0 atom stereocenters. The summed E-state index contributed by atoms with van der Waals surface area (Å²) in [5, 5.41) is 4.20. The van der Waals surface area contributed by atoms with E-state index in [9.17, 15) is 0 Å². The molecule has 3 aromatic rings. The van der Waals surface area contributed by atoms with E-state index in [2.05, 4.69) is 10.6 Å². The van der Waals surface area contributed by atoms with Gasteiger partial charge in [-0.25, -0.2) is 5.48 Å². The van der Waals surface area contributed by atoms with Gasteiger partial charge in [-0.15, -0.1) is 0 Å². The van der Waals surface area contributed by atoms with Crippen molar-refractivity contribution in [3.05, 3.63) is 108 Å². The molecule has 0 aromatic heterocycles. The monoisotopic (exact) mass is 332 g/mol. The molecule has 4 nitrogen and oxygen atoms in total. The van der Waals surface area contributed by atoms with Crippen molar-refractivity contribution in [2.45, 2.75) is 13.2 Å². The number of amidine groups is 1. The van der Waals surface area contributed by atoms with Gasteiger partial charge in [0.2, 0.25) is 0 Å². The Balaban J connectivity index is 1.62. The van der Waals surface area contributed by atoms with E-state index >= 15 is 0 Å². The van der Waals surface area contributed by atoms with Gasteiger partial charge in [0.15, 0.2) is 5.84 Å². The van der Waals surface area contributed by atoms with Crippen LogP contribution < -0.4 is 5.48 Å². The lowest BCUT2D eigenvalue weighted by molar-refractivity contribution is 0.0635. The van der Waals surface area contributed by atoms with Gasteiger partial charge in [-0.1, -0.05) is 96.2 Å². The number of hydrogen-bond donors (Lipinski definition) is 1. The summed E-state index contributed by atoms with van der Waals surface area (Å²) in [7, 11) is 0. The molecule has 3 aromatic carbocycles. The summed E-state index contributed by atoms with van der Waals surface area (Å²) in [4.78, 5) is 11.1. The Morgan fingerprint density at radius 2 is 1.20 bits per heavy atom. The molecule has 0 fully saturated rings. The first-order valence-corrected chi connectivity index (χ1v) is 8.13. The van der Waals surface area contributed by atoms with Gasteiger partial charge < -0.3 is 4.84 Å². The average molecular weight is 332 g/mol. The van der Waals surface area contributed by atoms with Gasteiger partial charge in [-0.2, -0.15) is 0 Å². The van der Waals surface area contributed by atoms with Gasteiger partial charge >= 0.3 is 0 Å². The van der Waals surface area contributed by atoms with Gasteiger partial charge in [-0.3, -0.25) is 4.84 Å². The fourth-order valence-electron chi connectivity index (χ4n) is 2.23. The van der Waals surface area contributed by atoms with E-state index in [1.807, 2.05) is 91.0 Å². The van der Waals surface area contributed by atoms with Crippen molar-refractivity contribution in [2.24, 2.45) is 5.16 Å². The van der Waals surface area contributed by atoms with Crippen LogP contribution in [-0.2, 0) is 22.9 Å². The summed E-state index contributed by atoms with van der Waals surface area (Å²) < 4.78 is 0. The first-order valence-electron chi connectivity index (χ1n) is 8.13. The lowest BCUT2D eigenvalue weighted by Crippen LogP contribution is -2.25. The molecule has 0 amide bonds. The summed E-state index contributed by atoms with van der Waals surface area (Å²) in [6.45, 7) is 0.836. The van der Waals surface area contributed by atoms with Gasteiger partial charge in [0.25, 0.3) is 0 Å². The van der Waals surface area contributed by atoms with Crippen LogP contribution in [0.5, 0.6) is 0 Å². The molecular formula is C21H20N2O2. The fraction of sp³-hybridized carbons (Fsp3) is 0.0952. The molecule has 4 heteroatoms. The second-order valence-corrected chi connectivity index (χ2v) is 5.44. The summed E-state index contributed by atoms with van der Waals surface area (Å²) in [5.74, 6) is 0.535. The first kappa shape index (κ1) is 16.7. The zero-order valence-corrected chi connectivity index (χ0v) is 13.8. The lowest BCUT2D eigenvalue weighted by Gasteiger charge is -2.10. The molecule has 3 rings (SSSR count). The molecule has 0 unspecified atom stereocenters. The van der Waals surface area contributed by atoms with Crippen LogP contribution >= 0.6 is 0 Å². The topological polar surface area (TPSA) is 42.8 Å². The van der Waals surface area contributed by atoms with Gasteiger partial charge in [0.05, 0.1) is 6.61 Å². The smallest absolute Gasteiger partial charge is 0.196 e. The molecule has 0 saturated heterocycles. The molecule has 1 N–H and O–H groups in total. The Morgan fingerprint density at radius 3 is 1.80 bits per heavy atom. The molecule has 0 aliphatic carbocycles. The van der Waals surface area contributed by atoms with E-state index in [4.69, 9.17) is 9.68 Å². The van der Waals surface area contributed by atoms with Crippen LogP contribution in [0.3, 0.4) is 0 Å². The Kier molecular flexibility index (Phi) is 6.19. The first-order chi connectivity index (χ1) is 12.4. The SMILES string of the molecule is c1ccc(CON=C(NOCc2ccccc2)c2ccccc2)cc1. The standard InChI is InChI=1S/C21H20N2O2/c1-4-10-18(11-5-1)16-24-22-21(20-14-8-3-9-15-20)23-25-17-19-12-6-2-7-13-19/h1-15H,16-17H2,(H,22,23). The van der Waals surface area contributed by atoms with Crippen molar-refractivity contribution in [1.82, 2.24) is 5.48 Å². The number of benzene rings is 3. The minimum Gasteiger partial charge on any atom is -0.389 e. The molecule has 0 radical (unpaired) electrons. The van der Waals surface area contributed by atoms with E-state index in [0.29, 0.717) is 19.0 Å². The van der Waals surface area contributed by atoms with E-state index in [1.54, 1.807) is 0 Å². The number of nitrogens with one attached hydrogen (secondary N) is 1. The van der Waals surface area contributed by atoms with Crippen molar-refractivity contribution in [1.29, 1.82) is 0 Å². The minimum atomic E-state index is 0.400. The lowest BCUT2D eigenvalue weighted by atomic mass is 10.2. The summed E-state index contributed by atoms with van der Waals surface area (Å²) in [6, 6.07) is 29.6. The summed E-state index contributed by atoms with van der Waals surface area (Å²) in [6.07, 6.45) is 0. The largest absolute Gasteiger partial charge is 0.389 e. The van der Waals surface area contributed by atoms with E-state index in [1.165, 1.54) is 0 Å². The summed E-state index contributed by atoms with van der Waals surface area (Å²) >= 11 is 0. The van der Waals surface area contributed by atoms with Crippen LogP contribution in [0, 0.1) is 0 Å². The zero-order chi connectivity index (χ0) is 17.2. The van der Waals surface area contributed by atoms with Crippen LogP contribution in [0.15, 0.2) is 96.2 Å². The third-order valence-electron chi connectivity index (χ3n) is 3.53. The molecule has 0 spiro atoms. The van der Waals surface area contributed by atoms with Crippen molar-refractivity contribution >= 4 is 5.84 Å². The second kappa shape index (κ2) is 9.25. The van der Waals surface area contributed by atoms with Gasteiger partial charge in [-0.05, 0) is 11.1 Å². The number of nitrogens with zero attached hydrogens (tertiary/aromatic N) is 1. The number of rotatable bonds is 7. The number of oxime groups is 1. The van der Waals surface area contributed by atoms with Crippen molar-refractivity contribution in [3.8, 4) is 0 Å². The quantitative estimate of drug-likeness (QED) is 0.399.